The molecule has 1 N–H and O–H groups in total. The molecule has 0 fully saturated rings. The Morgan fingerprint density at radius 2 is 2.15 bits per heavy atom. The van der Waals surface area contributed by atoms with Gasteiger partial charge < -0.3 is 14.6 Å². The molecule has 0 radical (unpaired) electrons. The molecule has 0 saturated carbocycles. The zero-order valence-corrected chi connectivity index (χ0v) is 16.6. The number of benzene rings is 1. The Bertz CT molecular complexity index is 955. The third-order valence-electron chi connectivity index (χ3n) is 3.96. The van der Waals surface area contributed by atoms with Crippen molar-refractivity contribution in [2.75, 3.05) is 12.4 Å². The van der Waals surface area contributed by atoms with Crippen molar-refractivity contribution in [3.63, 3.8) is 0 Å². The van der Waals surface area contributed by atoms with E-state index in [9.17, 15) is 4.79 Å². The molecule has 2 aromatic heterocycles. The van der Waals surface area contributed by atoms with Gasteiger partial charge in [-0.25, -0.2) is 4.98 Å². The van der Waals surface area contributed by atoms with Crippen molar-refractivity contribution < 1.29 is 14.1 Å². The number of nitrogens with one attached hydrogen (secondary N) is 1. The summed E-state index contributed by atoms with van der Waals surface area (Å²) in [5.74, 6) is 1.68. The van der Waals surface area contributed by atoms with E-state index in [0.29, 0.717) is 32.8 Å². The number of hydrogen-bond acceptors (Lipinski definition) is 6. The first kappa shape index (κ1) is 19.3. The third kappa shape index (κ3) is 4.43. The van der Waals surface area contributed by atoms with Crippen molar-refractivity contribution >= 4 is 35.0 Å². The van der Waals surface area contributed by atoms with Crippen LogP contribution in [0.3, 0.4) is 0 Å². The van der Waals surface area contributed by atoms with Gasteiger partial charge in [-0.15, -0.1) is 11.8 Å². The Hall–Kier alpha value is -2.51. The van der Waals surface area contributed by atoms with E-state index in [1.807, 2.05) is 13.8 Å². The van der Waals surface area contributed by atoms with Crippen LogP contribution in [0.5, 0.6) is 5.75 Å². The number of ether oxygens (including phenoxy) is 1. The van der Waals surface area contributed by atoms with E-state index >= 15 is 0 Å². The first-order valence-corrected chi connectivity index (χ1v) is 9.50. The van der Waals surface area contributed by atoms with Gasteiger partial charge in [-0.1, -0.05) is 16.8 Å². The summed E-state index contributed by atoms with van der Waals surface area (Å²) < 4.78 is 10.3. The zero-order chi connectivity index (χ0) is 19.4. The highest BCUT2D eigenvalue weighted by Crippen LogP contribution is 2.29. The number of pyridine rings is 1. The van der Waals surface area contributed by atoms with E-state index in [1.54, 1.807) is 36.5 Å². The smallest absolute Gasteiger partial charge is 0.258 e. The summed E-state index contributed by atoms with van der Waals surface area (Å²) in [6.45, 7) is 3.77. The van der Waals surface area contributed by atoms with Gasteiger partial charge in [-0.3, -0.25) is 4.79 Å². The summed E-state index contributed by atoms with van der Waals surface area (Å²) in [5, 5.41) is 7.86. The van der Waals surface area contributed by atoms with Gasteiger partial charge in [0.05, 0.1) is 23.4 Å². The fraction of sp³-hybridized carbons (Fsp3) is 0.211. The van der Waals surface area contributed by atoms with Crippen LogP contribution in [0, 0.1) is 13.8 Å². The Balaban J connectivity index is 1.76. The third-order valence-corrected chi connectivity index (χ3v) is 5.29. The highest BCUT2D eigenvalue weighted by atomic mass is 35.5. The molecule has 0 saturated heterocycles. The molecule has 0 atom stereocenters. The standard InChI is InChI=1S/C19H18ClN3O3S/c1-11-15(12(2)26-23-11)10-27-19-14(5-4-8-21-19)18(24)22-13-6-7-17(25-3)16(20)9-13/h4-9H,10H2,1-3H3,(H,22,24). The number of carbonyl (C=O) groups excluding carboxylic acids is 1. The molecular weight excluding hydrogens is 386 g/mol. The number of halogens is 1. The van der Waals surface area contributed by atoms with Crippen molar-refractivity contribution in [3.8, 4) is 5.75 Å². The topological polar surface area (TPSA) is 77.2 Å². The quantitative estimate of drug-likeness (QED) is 0.590. The summed E-state index contributed by atoms with van der Waals surface area (Å²) >= 11 is 7.58. The summed E-state index contributed by atoms with van der Waals surface area (Å²) in [5.41, 5.74) is 2.92. The van der Waals surface area contributed by atoms with E-state index < -0.39 is 0 Å². The molecule has 0 unspecified atom stereocenters. The molecule has 3 rings (SSSR count). The Morgan fingerprint density at radius 3 is 2.81 bits per heavy atom. The highest BCUT2D eigenvalue weighted by molar-refractivity contribution is 7.98. The van der Waals surface area contributed by atoms with Crippen LogP contribution in [0.1, 0.15) is 27.4 Å². The maximum atomic E-state index is 12.7. The van der Waals surface area contributed by atoms with E-state index in [1.165, 1.54) is 18.9 Å². The molecule has 0 aliphatic carbocycles. The fourth-order valence-corrected chi connectivity index (χ4v) is 3.87. The minimum absolute atomic E-state index is 0.259. The molecule has 6 nitrogen and oxygen atoms in total. The lowest BCUT2D eigenvalue weighted by Crippen LogP contribution is -2.13. The Kier molecular flexibility index (Phi) is 6.03. The number of hydrogen-bond donors (Lipinski definition) is 1. The minimum atomic E-state index is -0.259. The van der Waals surface area contributed by atoms with Crippen molar-refractivity contribution in [2.45, 2.75) is 24.6 Å². The lowest BCUT2D eigenvalue weighted by atomic mass is 10.2. The van der Waals surface area contributed by atoms with E-state index in [2.05, 4.69) is 15.5 Å². The molecule has 3 aromatic rings. The molecule has 140 valence electrons. The van der Waals surface area contributed by atoms with Crippen LogP contribution in [0.25, 0.3) is 0 Å². The van der Waals surface area contributed by atoms with Gasteiger partial charge in [-0.2, -0.15) is 0 Å². The predicted molar refractivity (Wildman–Crippen MR) is 106 cm³/mol. The second-order valence-electron chi connectivity index (χ2n) is 5.75. The van der Waals surface area contributed by atoms with Crippen molar-refractivity contribution in [1.82, 2.24) is 10.1 Å². The Labute approximate surface area is 166 Å². The number of anilines is 1. The molecule has 8 heteroatoms. The van der Waals surface area contributed by atoms with Gasteiger partial charge in [0.1, 0.15) is 16.5 Å². The number of amides is 1. The summed E-state index contributed by atoms with van der Waals surface area (Å²) in [6, 6.07) is 8.55. The van der Waals surface area contributed by atoms with Crippen LogP contribution in [0.2, 0.25) is 5.02 Å². The van der Waals surface area contributed by atoms with Gasteiger partial charge in [0.25, 0.3) is 5.91 Å². The number of thioether (sulfide) groups is 1. The first-order valence-electron chi connectivity index (χ1n) is 8.14. The SMILES string of the molecule is COc1ccc(NC(=O)c2cccnc2SCc2c(C)noc2C)cc1Cl. The van der Waals surface area contributed by atoms with Gasteiger partial charge >= 0.3 is 0 Å². The molecule has 0 aliphatic rings. The molecule has 1 aromatic carbocycles. The maximum absolute atomic E-state index is 12.7. The molecular formula is C19H18ClN3O3S. The average Bonchev–Trinajstić information content (AvgIpc) is 2.98. The van der Waals surface area contributed by atoms with Crippen LogP contribution in [0.4, 0.5) is 5.69 Å². The molecule has 0 spiro atoms. The second-order valence-corrected chi connectivity index (χ2v) is 7.12. The van der Waals surface area contributed by atoms with Gasteiger partial charge in [-0.05, 0) is 44.2 Å². The van der Waals surface area contributed by atoms with E-state index in [-0.39, 0.29) is 5.91 Å². The zero-order valence-electron chi connectivity index (χ0n) is 15.1. The number of methoxy groups -OCH3 is 1. The van der Waals surface area contributed by atoms with E-state index in [0.717, 1.165) is 17.0 Å². The number of aryl methyl sites for hydroxylation is 2. The molecule has 1 amide bonds. The Morgan fingerprint density at radius 1 is 1.33 bits per heavy atom. The van der Waals surface area contributed by atoms with Crippen LogP contribution in [-0.2, 0) is 5.75 Å². The van der Waals surface area contributed by atoms with Crippen molar-refractivity contribution in [1.29, 1.82) is 0 Å². The second kappa shape index (κ2) is 8.45. The minimum Gasteiger partial charge on any atom is -0.495 e. The van der Waals surface area contributed by atoms with Crippen LogP contribution >= 0.6 is 23.4 Å². The molecule has 27 heavy (non-hydrogen) atoms. The monoisotopic (exact) mass is 403 g/mol. The lowest BCUT2D eigenvalue weighted by Gasteiger charge is -2.10. The normalized spacial score (nSPS) is 10.7. The van der Waals surface area contributed by atoms with Crippen molar-refractivity contribution in [2.24, 2.45) is 0 Å². The highest BCUT2D eigenvalue weighted by Gasteiger charge is 2.16. The number of rotatable bonds is 6. The summed E-state index contributed by atoms with van der Waals surface area (Å²) in [7, 11) is 1.54. The number of aromatic nitrogens is 2. The fourth-order valence-electron chi connectivity index (χ4n) is 2.47. The maximum Gasteiger partial charge on any atom is 0.258 e. The van der Waals surface area contributed by atoms with Crippen LogP contribution in [0.15, 0.2) is 46.1 Å². The summed E-state index contributed by atoms with van der Waals surface area (Å²) in [6.07, 6.45) is 1.66. The average molecular weight is 404 g/mol. The van der Waals surface area contributed by atoms with Crippen LogP contribution in [-0.4, -0.2) is 23.2 Å². The summed E-state index contributed by atoms with van der Waals surface area (Å²) in [4.78, 5) is 17.1. The predicted octanol–water partition coefficient (Wildman–Crippen LogP) is 4.89. The molecule has 2 heterocycles. The largest absolute Gasteiger partial charge is 0.495 e. The molecule has 0 bridgehead atoms. The van der Waals surface area contributed by atoms with Crippen LogP contribution < -0.4 is 10.1 Å². The van der Waals surface area contributed by atoms with Gasteiger partial charge in [0.2, 0.25) is 0 Å². The number of carbonyl (C=O) groups is 1. The first-order chi connectivity index (χ1) is 13.0. The molecule has 0 aliphatic heterocycles. The number of nitrogens with zero attached hydrogens (tertiary/aromatic N) is 2. The van der Waals surface area contributed by atoms with Gasteiger partial charge in [0, 0.05) is 23.2 Å². The van der Waals surface area contributed by atoms with Crippen molar-refractivity contribution in [3.05, 3.63) is 64.1 Å². The van der Waals surface area contributed by atoms with Gasteiger partial charge in [0.15, 0.2) is 0 Å². The lowest BCUT2D eigenvalue weighted by molar-refractivity contribution is 0.102. The van der Waals surface area contributed by atoms with E-state index in [4.69, 9.17) is 20.9 Å².